The summed E-state index contributed by atoms with van der Waals surface area (Å²) < 4.78 is 6.98. The zero-order valence-electron chi connectivity index (χ0n) is 13.9. The summed E-state index contributed by atoms with van der Waals surface area (Å²) in [7, 11) is 0. The molecule has 0 fully saturated rings. The molecule has 0 spiro atoms. The number of ether oxygens (including phenoxy) is 1. The first kappa shape index (κ1) is 15.6. The maximum atomic E-state index is 5.98. The van der Waals surface area contributed by atoms with Crippen LogP contribution < -0.4 is 10.5 Å². The fraction of sp³-hybridized carbons (Fsp3) is 0.167. The molecule has 25 heavy (non-hydrogen) atoms. The molecule has 7 heteroatoms. The van der Waals surface area contributed by atoms with E-state index in [0.717, 1.165) is 45.3 Å². The van der Waals surface area contributed by atoms with Crippen molar-refractivity contribution in [1.82, 2.24) is 19.9 Å². The zero-order chi connectivity index (χ0) is 17.4. The SMILES string of the molecule is CCc1[nH]c(-c2cc(Oc3ccc4nc(N)sc4c3)ccn2)nc1C. The number of pyridine rings is 1. The summed E-state index contributed by atoms with van der Waals surface area (Å²) in [5.74, 6) is 2.19. The Morgan fingerprint density at radius 2 is 2.00 bits per heavy atom. The normalized spacial score (nSPS) is 11.1. The Morgan fingerprint density at radius 1 is 1.16 bits per heavy atom. The number of nitrogen functional groups attached to an aromatic ring is 1. The minimum atomic E-state index is 0.554. The van der Waals surface area contributed by atoms with Gasteiger partial charge in [0.25, 0.3) is 0 Å². The smallest absolute Gasteiger partial charge is 0.181 e. The van der Waals surface area contributed by atoms with Crippen molar-refractivity contribution in [2.75, 3.05) is 5.73 Å². The van der Waals surface area contributed by atoms with Gasteiger partial charge in [0.2, 0.25) is 0 Å². The molecule has 6 nitrogen and oxygen atoms in total. The van der Waals surface area contributed by atoms with Crippen LogP contribution >= 0.6 is 11.3 Å². The van der Waals surface area contributed by atoms with E-state index >= 15 is 0 Å². The van der Waals surface area contributed by atoms with Crippen LogP contribution in [0.2, 0.25) is 0 Å². The first-order chi connectivity index (χ1) is 12.1. The van der Waals surface area contributed by atoms with E-state index in [4.69, 9.17) is 10.5 Å². The molecular formula is C18H17N5OS. The number of hydrogen-bond acceptors (Lipinski definition) is 6. The molecule has 126 valence electrons. The number of nitrogens with one attached hydrogen (secondary N) is 1. The van der Waals surface area contributed by atoms with Crippen molar-refractivity contribution < 1.29 is 4.74 Å². The molecule has 3 aromatic heterocycles. The molecule has 0 radical (unpaired) electrons. The minimum Gasteiger partial charge on any atom is -0.457 e. The number of imidazole rings is 1. The van der Waals surface area contributed by atoms with Gasteiger partial charge in [0.05, 0.1) is 15.9 Å². The van der Waals surface area contributed by atoms with Gasteiger partial charge in [-0.3, -0.25) is 4.98 Å². The number of rotatable bonds is 4. The quantitative estimate of drug-likeness (QED) is 0.571. The fourth-order valence-corrected chi connectivity index (χ4v) is 3.45. The van der Waals surface area contributed by atoms with E-state index in [9.17, 15) is 0 Å². The Hall–Kier alpha value is -2.93. The Bertz CT molecular complexity index is 1050. The predicted molar refractivity (Wildman–Crippen MR) is 100 cm³/mol. The summed E-state index contributed by atoms with van der Waals surface area (Å²) >= 11 is 1.44. The number of benzene rings is 1. The maximum Gasteiger partial charge on any atom is 0.181 e. The molecule has 0 bridgehead atoms. The van der Waals surface area contributed by atoms with E-state index in [1.54, 1.807) is 6.20 Å². The Labute approximate surface area is 148 Å². The molecule has 1 aromatic carbocycles. The predicted octanol–water partition coefficient (Wildman–Crippen LogP) is 4.33. The van der Waals surface area contributed by atoms with Gasteiger partial charge in [-0.15, -0.1) is 0 Å². The molecule has 0 atom stereocenters. The lowest BCUT2D eigenvalue weighted by Crippen LogP contribution is -1.89. The molecular weight excluding hydrogens is 334 g/mol. The number of thiazole rings is 1. The van der Waals surface area contributed by atoms with E-state index in [-0.39, 0.29) is 0 Å². The molecule has 0 saturated carbocycles. The van der Waals surface area contributed by atoms with Gasteiger partial charge in [-0.25, -0.2) is 9.97 Å². The van der Waals surface area contributed by atoms with Gasteiger partial charge < -0.3 is 15.5 Å². The van der Waals surface area contributed by atoms with Gasteiger partial charge in [0.1, 0.15) is 17.2 Å². The fourth-order valence-electron chi connectivity index (χ4n) is 2.69. The highest BCUT2D eigenvalue weighted by Crippen LogP contribution is 2.30. The van der Waals surface area contributed by atoms with Gasteiger partial charge in [0, 0.05) is 24.0 Å². The second-order valence-corrected chi connectivity index (χ2v) is 6.73. The molecule has 0 aliphatic heterocycles. The van der Waals surface area contributed by atoms with Crippen LogP contribution in [0.1, 0.15) is 18.3 Å². The van der Waals surface area contributed by atoms with E-state index in [2.05, 4.69) is 26.9 Å². The summed E-state index contributed by atoms with van der Waals surface area (Å²) in [6.07, 6.45) is 2.63. The zero-order valence-corrected chi connectivity index (χ0v) is 14.7. The summed E-state index contributed by atoms with van der Waals surface area (Å²) in [5.41, 5.74) is 9.50. The van der Waals surface area contributed by atoms with E-state index in [1.807, 2.05) is 37.3 Å². The monoisotopic (exact) mass is 351 g/mol. The van der Waals surface area contributed by atoms with Gasteiger partial charge >= 0.3 is 0 Å². The van der Waals surface area contributed by atoms with E-state index < -0.39 is 0 Å². The molecule has 4 aromatic rings. The lowest BCUT2D eigenvalue weighted by molar-refractivity contribution is 0.483. The number of aryl methyl sites for hydroxylation is 2. The molecule has 0 amide bonds. The standard InChI is InChI=1S/C18H17N5OS/c1-3-13-10(2)21-17(22-13)15-8-12(6-7-20-15)24-11-4-5-14-16(9-11)25-18(19)23-14/h4-9H,3H2,1-2H3,(H2,19,23)(H,21,22). The number of nitrogens with two attached hydrogens (primary N) is 1. The van der Waals surface area contributed by atoms with Gasteiger partial charge in [-0.05, 0) is 31.5 Å². The molecule has 0 aliphatic carbocycles. The van der Waals surface area contributed by atoms with Crippen molar-refractivity contribution in [3.8, 4) is 23.0 Å². The van der Waals surface area contributed by atoms with Crippen LogP contribution in [0.3, 0.4) is 0 Å². The Morgan fingerprint density at radius 3 is 2.80 bits per heavy atom. The lowest BCUT2D eigenvalue weighted by Gasteiger charge is -2.06. The molecule has 4 rings (SSSR count). The number of aromatic nitrogens is 4. The number of anilines is 1. The summed E-state index contributed by atoms with van der Waals surface area (Å²) in [6.45, 7) is 4.09. The largest absolute Gasteiger partial charge is 0.457 e. The average molecular weight is 351 g/mol. The van der Waals surface area contributed by atoms with Crippen LogP contribution in [-0.4, -0.2) is 19.9 Å². The van der Waals surface area contributed by atoms with Crippen LogP contribution in [0.15, 0.2) is 36.5 Å². The van der Waals surface area contributed by atoms with Crippen LogP contribution in [0, 0.1) is 6.92 Å². The summed E-state index contributed by atoms with van der Waals surface area (Å²) in [6, 6.07) is 9.43. The highest BCUT2D eigenvalue weighted by atomic mass is 32.1. The average Bonchev–Trinajstić information content (AvgIpc) is 3.16. The third-order valence-electron chi connectivity index (χ3n) is 3.93. The molecule has 0 unspecified atom stereocenters. The molecule has 0 saturated heterocycles. The van der Waals surface area contributed by atoms with Crippen molar-refractivity contribution in [3.05, 3.63) is 47.9 Å². The van der Waals surface area contributed by atoms with Crippen LogP contribution in [-0.2, 0) is 6.42 Å². The third kappa shape index (κ3) is 3.06. The first-order valence-electron chi connectivity index (χ1n) is 7.98. The van der Waals surface area contributed by atoms with Gasteiger partial charge in [-0.2, -0.15) is 0 Å². The highest BCUT2D eigenvalue weighted by molar-refractivity contribution is 7.22. The third-order valence-corrected chi connectivity index (χ3v) is 4.77. The summed E-state index contributed by atoms with van der Waals surface area (Å²) in [4.78, 5) is 16.5. The number of H-pyrrole nitrogens is 1. The first-order valence-corrected chi connectivity index (χ1v) is 8.80. The second-order valence-electron chi connectivity index (χ2n) is 5.66. The maximum absolute atomic E-state index is 5.98. The van der Waals surface area contributed by atoms with Gasteiger partial charge in [-0.1, -0.05) is 18.3 Å². The van der Waals surface area contributed by atoms with Crippen molar-refractivity contribution in [3.63, 3.8) is 0 Å². The van der Waals surface area contributed by atoms with Crippen molar-refractivity contribution in [1.29, 1.82) is 0 Å². The van der Waals surface area contributed by atoms with E-state index in [0.29, 0.717) is 10.9 Å². The van der Waals surface area contributed by atoms with Crippen molar-refractivity contribution in [2.24, 2.45) is 0 Å². The Balaban J connectivity index is 1.63. The topological polar surface area (TPSA) is 89.7 Å². The molecule has 0 aliphatic rings. The number of aromatic amines is 1. The van der Waals surface area contributed by atoms with Gasteiger partial charge in [0.15, 0.2) is 11.0 Å². The van der Waals surface area contributed by atoms with Crippen LogP contribution in [0.25, 0.3) is 21.7 Å². The molecule has 3 N–H and O–H groups in total. The highest BCUT2D eigenvalue weighted by Gasteiger charge is 2.10. The van der Waals surface area contributed by atoms with Crippen molar-refractivity contribution in [2.45, 2.75) is 20.3 Å². The van der Waals surface area contributed by atoms with Crippen LogP contribution in [0.5, 0.6) is 11.5 Å². The van der Waals surface area contributed by atoms with E-state index in [1.165, 1.54) is 11.3 Å². The second kappa shape index (κ2) is 6.18. The molecule has 3 heterocycles. The summed E-state index contributed by atoms with van der Waals surface area (Å²) in [5, 5.41) is 0.554. The number of hydrogen-bond donors (Lipinski definition) is 2. The van der Waals surface area contributed by atoms with Crippen molar-refractivity contribution >= 4 is 26.7 Å². The number of fused-ring (bicyclic) bond motifs is 1. The lowest BCUT2D eigenvalue weighted by atomic mass is 10.3. The number of nitrogens with zero attached hydrogens (tertiary/aromatic N) is 3. The Kier molecular flexibility index (Phi) is 3.85. The van der Waals surface area contributed by atoms with Crippen LogP contribution in [0.4, 0.5) is 5.13 Å². The minimum absolute atomic E-state index is 0.554.